The molecule has 0 spiro atoms. The lowest BCUT2D eigenvalue weighted by Crippen LogP contribution is -2.24. The zero-order chi connectivity index (χ0) is 11.4. The van der Waals surface area contributed by atoms with E-state index in [9.17, 15) is 9.59 Å². The molecule has 0 atom stereocenters. The molecule has 0 unspecified atom stereocenters. The zero-order valence-corrected chi connectivity index (χ0v) is 9.70. The SMILES string of the molecule is CNCC(=O)Nc1nc(C)c(C(C)=O)s1. The predicted molar refractivity (Wildman–Crippen MR) is 59.4 cm³/mol. The van der Waals surface area contributed by atoms with E-state index in [1.54, 1.807) is 14.0 Å². The molecule has 1 rings (SSSR count). The van der Waals surface area contributed by atoms with Crippen LogP contribution < -0.4 is 10.6 Å². The zero-order valence-electron chi connectivity index (χ0n) is 8.88. The Bertz CT molecular complexity index is 387. The van der Waals surface area contributed by atoms with Gasteiger partial charge in [0.15, 0.2) is 10.9 Å². The summed E-state index contributed by atoms with van der Waals surface area (Å²) in [5.74, 6) is -0.194. The topological polar surface area (TPSA) is 71.1 Å². The van der Waals surface area contributed by atoms with Crippen LogP contribution in [-0.2, 0) is 4.79 Å². The van der Waals surface area contributed by atoms with Crippen molar-refractivity contribution in [3.05, 3.63) is 10.6 Å². The number of nitrogens with zero attached hydrogens (tertiary/aromatic N) is 1. The fourth-order valence-electron chi connectivity index (χ4n) is 1.10. The lowest BCUT2D eigenvalue weighted by atomic mass is 10.3. The van der Waals surface area contributed by atoms with Gasteiger partial charge in [0, 0.05) is 6.92 Å². The number of Topliss-reactive ketones (excluding diaryl/α,β-unsaturated/α-hetero) is 1. The molecule has 0 fully saturated rings. The van der Waals surface area contributed by atoms with Crippen LogP contribution in [0.2, 0.25) is 0 Å². The maximum absolute atomic E-state index is 11.2. The minimum atomic E-state index is -0.165. The third-order valence-electron chi connectivity index (χ3n) is 1.70. The second-order valence-corrected chi connectivity index (χ2v) is 4.07. The number of aromatic nitrogens is 1. The number of rotatable bonds is 4. The van der Waals surface area contributed by atoms with Crippen LogP contribution in [0.15, 0.2) is 0 Å². The van der Waals surface area contributed by atoms with E-state index in [0.29, 0.717) is 15.7 Å². The molecule has 15 heavy (non-hydrogen) atoms. The van der Waals surface area contributed by atoms with E-state index in [4.69, 9.17) is 0 Å². The van der Waals surface area contributed by atoms with Crippen molar-refractivity contribution in [3.8, 4) is 0 Å². The minimum Gasteiger partial charge on any atom is -0.311 e. The molecule has 1 aromatic heterocycles. The fourth-order valence-corrected chi connectivity index (χ4v) is 1.98. The smallest absolute Gasteiger partial charge is 0.240 e. The number of thiazole rings is 1. The van der Waals surface area contributed by atoms with Crippen LogP contribution in [0.3, 0.4) is 0 Å². The van der Waals surface area contributed by atoms with Crippen LogP contribution in [0.1, 0.15) is 22.3 Å². The first-order chi connectivity index (χ1) is 7.04. The number of aryl methyl sites for hydroxylation is 1. The largest absolute Gasteiger partial charge is 0.311 e. The summed E-state index contributed by atoms with van der Waals surface area (Å²) in [6, 6.07) is 0. The number of carbonyl (C=O) groups is 2. The van der Waals surface area contributed by atoms with Gasteiger partial charge in [-0.25, -0.2) is 4.98 Å². The molecule has 1 aromatic rings. The average molecular weight is 227 g/mol. The van der Waals surface area contributed by atoms with E-state index < -0.39 is 0 Å². The molecule has 1 heterocycles. The van der Waals surface area contributed by atoms with E-state index in [1.165, 1.54) is 18.3 Å². The summed E-state index contributed by atoms with van der Waals surface area (Å²) < 4.78 is 0. The third-order valence-corrected chi connectivity index (χ3v) is 2.87. The lowest BCUT2D eigenvalue weighted by molar-refractivity contribution is -0.115. The van der Waals surface area contributed by atoms with Crippen molar-refractivity contribution >= 4 is 28.2 Å². The van der Waals surface area contributed by atoms with Crippen LogP contribution in [0.5, 0.6) is 0 Å². The van der Waals surface area contributed by atoms with Gasteiger partial charge in [-0.15, -0.1) is 0 Å². The number of ketones is 1. The number of nitrogens with one attached hydrogen (secondary N) is 2. The second-order valence-electron chi connectivity index (χ2n) is 3.07. The number of anilines is 1. The Morgan fingerprint density at radius 2 is 2.13 bits per heavy atom. The number of likely N-dealkylation sites (N-methyl/N-ethyl adjacent to an activating group) is 1. The van der Waals surface area contributed by atoms with Crippen LogP contribution in [0, 0.1) is 6.92 Å². The first-order valence-electron chi connectivity index (χ1n) is 4.47. The van der Waals surface area contributed by atoms with Gasteiger partial charge in [0.25, 0.3) is 0 Å². The molecule has 0 aliphatic carbocycles. The molecule has 0 saturated heterocycles. The lowest BCUT2D eigenvalue weighted by Gasteiger charge is -1.98. The first kappa shape index (κ1) is 11.8. The standard InChI is InChI=1S/C9H13N3O2S/c1-5-8(6(2)13)15-9(11-5)12-7(14)4-10-3/h10H,4H2,1-3H3,(H,11,12,14). The van der Waals surface area contributed by atoms with Gasteiger partial charge in [0.05, 0.1) is 17.1 Å². The fraction of sp³-hybridized carbons (Fsp3) is 0.444. The van der Waals surface area contributed by atoms with Crippen LogP contribution in [0.4, 0.5) is 5.13 Å². The highest BCUT2D eigenvalue weighted by Crippen LogP contribution is 2.22. The molecule has 0 aliphatic heterocycles. The van der Waals surface area contributed by atoms with Crippen LogP contribution >= 0.6 is 11.3 Å². The van der Waals surface area contributed by atoms with Crippen LogP contribution in [-0.4, -0.2) is 30.3 Å². The molecule has 5 nitrogen and oxygen atoms in total. The van der Waals surface area contributed by atoms with Crippen LogP contribution in [0.25, 0.3) is 0 Å². The number of hydrogen-bond donors (Lipinski definition) is 2. The van der Waals surface area contributed by atoms with E-state index in [0.717, 1.165) is 0 Å². The monoisotopic (exact) mass is 227 g/mol. The number of carbonyl (C=O) groups excluding carboxylic acids is 2. The van der Waals surface area contributed by atoms with Crippen molar-refractivity contribution in [2.24, 2.45) is 0 Å². The van der Waals surface area contributed by atoms with E-state index in [2.05, 4.69) is 15.6 Å². The van der Waals surface area contributed by atoms with Gasteiger partial charge in [-0.1, -0.05) is 11.3 Å². The van der Waals surface area contributed by atoms with E-state index in [1.807, 2.05) is 0 Å². The van der Waals surface area contributed by atoms with Gasteiger partial charge >= 0.3 is 0 Å². The van der Waals surface area contributed by atoms with Crippen molar-refractivity contribution in [2.75, 3.05) is 18.9 Å². The predicted octanol–water partition coefficient (Wildman–Crippen LogP) is 0.812. The average Bonchev–Trinajstić information content (AvgIpc) is 2.47. The molecule has 0 saturated carbocycles. The number of amides is 1. The van der Waals surface area contributed by atoms with Crippen molar-refractivity contribution in [1.29, 1.82) is 0 Å². The summed E-state index contributed by atoms with van der Waals surface area (Å²) in [4.78, 5) is 27.0. The third kappa shape index (κ3) is 3.10. The summed E-state index contributed by atoms with van der Waals surface area (Å²) >= 11 is 1.20. The Morgan fingerprint density at radius 1 is 1.47 bits per heavy atom. The molecule has 0 aliphatic rings. The Morgan fingerprint density at radius 3 is 2.60 bits per heavy atom. The molecule has 0 aromatic carbocycles. The van der Waals surface area contributed by atoms with Crippen molar-refractivity contribution in [2.45, 2.75) is 13.8 Å². The van der Waals surface area contributed by atoms with Gasteiger partial charge in [-0.3, -0.25) is 9.59 Å². The van der Waals surface area contributed by atoms with E-state index >= 15 is 0 Å². The Labute approximate surface area is 91.9 Å². The van der Waals surface area contributed by atoms with Crippen molar-refractivity contribution in [3.63, 3.8) is 0 Å². The highest BCUT2D eigenvalue weighted by Gasteiger charge is 2.12. The van der Waals surface area contributed by atoms with E-state index in [-0.39, 0.29) is 18.2 Å². The van der Waals surface area contributed by atoms with Gasteiger partial charge in [-0.05, 0) is 14.0 Å². The summed E-state index contributed by atoms with van der Waals surface area (Å²) in [5, 5.41) is 5.81. The van der Waals surface area contributed by atoms with Crippen molar-refractivity contribution < 1.29 is 9.59 Å². The molecular weight excluding hydrogens is 214 g/mol. The minimum absolute atomic E-state index is 0.0286. The Balaban J connectivity index is 2.75. The first-order valence-corrected chi connectivity index (χ1v) is 5.29. The Hall–Kier alpha value is -1.27. The molecule has 82 valence electrons. The van der Waals surface area contributed by atoms with Gasteiger partial charge < -0.3 is 10.6 Å². The van der Waals surface area contributed by atoms with Gasteiger partial charge in [0.1, 0.15) is 0 Å². The summed E-state index contributed by atoms with van der Waals surface area (Å²) in [6.45, 7) is 3.47. The van der Waals surface area contributed by atoms with Crippen molar-refractivity contribution in [1.82, 2.24) is 10.3 Å². The Kier molecular flexibility index (Phi) is 3.93. The highest BCUT2D eigenvalue weighted by molar-refractivity contribution is 7.17. The molecule has 2 N–H and O–H groups in total. The molecule has 0 radical (unpaired) electrons. The molecule has 1 amide bonds. The highest BCUT2D eigenvalue weighted by atomic mass is 32.1. The van der Waals surface area contributed by atoms with Gasteiger partial charge in [-0.2, -0.15) is 0 Å². The maximum atomic E-state index is 11.2. The maximum Gasteiger partial charge on any atom is 0.240 e. The number of hydrogen-bond acceptors (Lipinski definition) is 5. The van der Waals surface area contributed by atoms with Gasteiger partial charge in [0.2, 0.25) is 5.91 Å². The molecule has 0 bridgehead atoms. The summed E-state index contributed by atoms with van der Waals surface area (Å²) in [5.41, 5.74) is 0.659. The quantitative estimate of drug-likeness (QED) is 0.747. The molecule has 6 heteroatoms. The molecular formula is C9H13N3O2S. The second kappa shape index (κ2) is 4.99. The normalized spacial score (nSPS) is 10.1. The summed E-state index contributed by atoms with van der Waals surface area (Å²) in [6.07, 6.45) is 0. The summed E-state index contributed by atoms with van der Waals surface area (Å²) in [7, 11) is 1.69.